The van der Waals surface area contributed by atoms with Crippen molar-refractivity contribution in [3.05, 3.63) is 66.7 Å². The normalized spacial score (nSPS) is 17.5. The van der Waals surface area contributed by atoms with E-state index in [1.54, 1.807) is 45.0 Å². The van der Waals surface area contributed by atoms with E-state index in [9.17, 15) is 14.0 Å². The lowest BCUT2D eigenvalue weighted by Crippen LogP contribution is -2.55. The third-order valence-corrected chi connectivity index (χ3v) is 6.70. The predicted molar refractivity (Wildman–Crippen MR) is 124 cm³/mol. The third kappa shape index (κ3) is 4.72. The molecule has 1 aromatic heterocycles. The number of nitrogens with zero attached hydrogens (tertiary/aromatic N) is 4. The summed E-state index contributed by atoms with van der Waals surface area (Å²) in [6.07, 6.45) is 2.67. The van der Waals surface area contributed by atoms with Crippen molar-refractivity contribution in [3.63, 3.8) is 0 Å². The summed E-state index contributed by atoms with van der Waals surface area (Å²) in [7, 11) is 0. The van der Waals surface area contributed by atoms with Crippen molar-refractivity contribution in [2.24, 2.45) is 0 Å². The number of rotatable bonds is 5. The first-order valence-corrected chi connectivity index (χ1v) is 11.9. The Kier molecular flexibility index (Phi) is 6.39. The lowest BCUT2D eigenvalue weighted by Gasteiger charge is -2.37. The Balaban J connectivity index is 1.12. The van der Waals surface area contributed by atoms with Gasteiger partial charge < -0.3 is 19.3 Å². The molecule has 0 bridgehead atoms. The minimum absolute atomic E-state index is 0.0305. The second-order valence-electron chi connectivity index (χ2n) is 7.92. The van der Waals surface area contributed by atoms with Crippen molar-refractivity contribution in [2.75, 3.05) is 38.5 Å². The smallest absolute Gasteiger partial charge is 0.267 e. The largest absolute Gasteiger partial charge is 0.485 e. The second-order valence-corrected chi connectivity index (χ2v) is 8.86. The van der Waals surface area contributed by atoms with Gasteiger partial charge in [0.2, 0.25) is 12.0 Å². The van der Waals surface area contributed by atoms with E-state index >= 15 is 0 Å². The van der Waals surface area contributed by atoms with E-state index in [-0.39, 0.29) is 30.0 Å². The van der Waals surface area contributed by atoms with Crippen molar-refractivity contribution in [2.45, 2.75) is 11.3 Å². The quantitative estimate of drug-likeness (QED) is 0.521. The summed E-state index contributed by atoms with van der Waals surface area (Å²) < 4.78 is 26.8. The molecule has 8 nitrogen and oxygen atoms in total. The van der Waals surface area contributed by atoms with Gasteiger partial charge in [-0.2, -0.15) is 0 Å². The number of amides is 2. The van der Waals surface area contributed by atoms with Crippen LogP contribution in [0.3, 0.4) is 0 Å². The molecule has 0 saturated carbocycles. The zero-order chi connectivity index (χ0) is 23.5. The van der Waals surface area contributed by atoms with E-state index in [0.29, 0.717) is 48.5 Å². The molecule has 5 rings (SSSR count). The van der Waals surface area contributed by atoms with Crippen LogP contribution in [0.25, 0.3) is 5.69 Å². The molecule has 0 aliphatic carbocycles. The van der Waals surface area contributed by atoms with Gasteiger partial charge in [-0.15, -0.1) is 0 Å². The Labute approximate surface area is 200 Å². The zero-order valence-electron chi connectivity index (χ0n) is 18.3. The molecule has 0 spiro atoms. The van der Waals surface area contributed by atoms with Gasteiger partial charge >= 0.3 is 0 Å². The number of hydrogen-bond donors (Lipinski definition) is 0. The van der Waals surface area contributed by atoms with Gasteiger partial charge in [-0.05, 0) is 30.3 Å². The van der Waals surface area contributed by atoms with Crippen molar-refractivity contribution in [1.82, 2.24) is 19.4 Å². The highest BCUT2D eigenvalue weighted by molar-refractivity contribution is 7.99. The Morgan fingerprint density at radius 1 is 1.03 bits per heavy atom. The van der Waals surface area contributed by atoms with E-state index in [4.69, 9.17) is 9.47 Å². The molecule has 0 radical (unpaired) electrons. The van der Waals surface area contributed by atoms with E-state index in [1.807, 2.05) is 18.2 Å². The van der Waals surface area contributed by atoms with Gasteiger partial charge in [0, 0.05) is 38.6 Å². The van der Waals surface area contributed by atoms with Gasteiger partial charge in [0.15, 0.2) is 16.7 Å². The molecule has 34 heavy (non-hydrogen) atoms. The van der Waals surface area contributed by atoms with Crippen molar-refractivity contribution < 1.29 is 23.5 Å². The molecule has 1 atom stereocenters. The molecular weight excluding hydrogens is 459 g/mol. The number of halogens is 1. The molecular formula is C24H23FN4O4S. The average molecular weight is 483 g/mol. The fourth-order valence-corrected chi connectivity index (χ4v) is 4.83. The molecule has 1 unspecified atom stereocenters. The van der Waals surface area contributed by atoms with Crippen LogP contribution in [0, 0.1) is 5.82 Å². The number of carbonyl (C=O) groups is 2. The summed E-state index contributed by atoms with van der Waals surface area (Å²) in [6.45, 7) is 1.95. The number of ether oxygens (including phenoxy) is 2. The fraction of sp³-hybridized carbons (Fsp3) is 0.292. The van der Waals surface area contributed by atoms with Gasteiger partial charge in [0.05, 0.1) is 11.4 Å². The van der Waals surface area contributed by atoms with Crippen LogP contribution in [0.4, 0.5) is 4.39 Å². The number of fused-ring (bicyclic) bond motifs is 1. The molecule has 0 N–H and O–H groups in total. The monoisotopic (exact) mass is 482 g/mol. The van der Waals surface area contributed by atoms with Crippen LogP contribution in [0.1, 0.15) is 0 Å². The van der Waals surface area contributed by atoms with Gasteiger partial charge in [-0.3, -0.25) is 14.2 Å². The molecule has 1 fully saturated rings. The number of imidazole rings is 1. The highest BCUT2D eigenvalue weighted by atomic mass is 32.2. The summed E-state index contributed by atoms with van der Waals surface area (Å²) in [4.78, 5) is 33.4. The molecule has 3 heterocycles. The van der Waals surface area contributed by atoms with Crippen LogP contribution in [0.5, 0.6) is 11.5 Å². The van der Waals surface area contributed by atoms with Crippen molar-refractivity contribution in [1.29, 1.82) is 0 Å². The summed E-state index contributed by atoms with van der Waals surface area (Å²) in [6, 6.07) is 13.5. The van der Waals surface area contributed by atoms with Crippen LogP contribution in [-0.4, -0.2) is 75.8 Å². The fourth-order valence-electron chi connectivity index (χ4n) is 3.96. The summed E-state index contributed by atoms with van der Waals surface area (Å²) in [5.41, 5.74) is 0.649. The molecule has 1 saturated heterocycles. The minimum atomic E-state index is -0.686. The highest BCUT2D eigenvalue weighted by Crippen LogP contribution is 2.31. The second kappa shape index (κ2) is 9.76. The van der Waals surface area contributed by atoms with Gasteiger partial charge in [0.1, 0.15) is 12.4 Å². The Morgan fingerprint density at radius 3 is 2.59 bits per heavy atom. The topological polar surface area (TPSA) is 76.9 Å². The van der Waals surface area contributed by atoms with Crippen LogP contribution < -0.4 is 9.47 Å². The minimum Gasteiger partial charge on any atom is -0.485 e. The average Bonchev–Trinajstić information content (AvgIpc) is 3.35. The van der Waals surface area contributed by atoms with E-state index in [1.165, 1.54) is 23.9 Å². The van der Waals surface area contributed by atoms with Crippen molar-refractivity contribution in [3.8, 4) is 17.2 Å². The lowest BCUT2D eigenvalue weighted by atomic mass is 10.2. The van der Waals surface area contributed by atoms with Gasteiger partial charge in [0.25, 0.3) is 5.91 Å². The number of carbonyl (C=O) groups excluding carboxylic acids is 2. The number of hydrogen-bond acceptors (Lipinski definition) is 6. The molecule has 2 aliphatic rings. The number of piperazine rings is 1. The molecule has 10 heteroatoms. The predicted octanol–water partition coefficient (Wildman–Crippen LogP) is 2.61. The van der Waals surface area contributed by atoms with E-state index < -0.39 is 6.10 Å². The van der Waals surface area contributed by atoms with Gasteiger partial charge in [-0.1, -0.05) is 30.0 Å². The molecule has 3 aromatic rings. The van der Waals surface area contributed by atoms with E-state index in [0.717, 1.165) is 0 Å². The highest BCUT2D eigenvalue weighted by Gasteiger charge is 2.33. The molecule has 2 aromatic carbocycles. The standard InChI is InChI=1S/C24H23FN4O4S/c25-17-4-3-5-18(14-17)29-9-8-26-24(29)34-16-22(30)27-10-12-28(13-11-27)23(31)21-15-32-19-6-1-2-7-20(19)33-21/h1-9,14,21H,10-13,15-16H2. The van der Waals surface area contributed by atoms with Crippen LogP contribution in [0.15, 0.2) is 66.1 Å². The molecule has 176 valence electrons. The van der Waals surface area contributed by atoms with Crippen LogP contribution in [0.2, 0.25) is 0 Å². The SMILES string of the molecule is O=C(CSc1nccn1-c1cccc(F)c1)N1CCN(C(=O)C2COc3ccccc3O2)CC1. The Morgan fingerprint density at radius 2 is 1.79 bits per heavy atom. The maximum atomic E-state index is 13.6. The maximum Gasteiger partial charge on any atom is 0.267 e. The first kappa shape index (κ1) is 22.3. The first-order chi connectivity index (χ1) is 16.6. The summed E-state index contributed by atoms with van der Waals surface area (Å²) in [5, 5.41) is 0.613. The Bertz CT molecular complexity index is 1190. The molecule has 2 aliphatic heterocycles. The van der Waals surface area contributed by atoms with Crippen LogP contribution in [-0.2, 0) is 9.59 Å². The summed E-state index contributed by atoms with van der Waals surface area (Å²) >= 11 is 1.30. The number of benzene rings is 2. The third-order valence-electron chi connectivity index (χ3n) is 5.75. The zero-order valence-corrected chi connectivity index (χ0v) is 19.1. The number of thioether (sulfide) groups is 1. The first-order valence-electron chi connectivity index (χ1n) is 11.0. The van der Waals surface area contributed by atoms with Crippen LogP contribution >= 0.6 is 11.8 Å². The maximum absolute atomic E-state index is 13.6. The van der Waals surface area contributed by atoms with Crippen molar-refractivity contribution >= 4 is 23.6 Å². The molecule has 2 amide bonds. The lowest BCUT2D eigenvalue weighted by molar-refractivity contribution is -0.145. The van der Waals surface area contributed by atoms with Gasteiger partial charge in [-0.25, -0.2) is 9.37 Å². The van der Waals surface area contributed by atoms with E-state index in [2.05, 4.69) is 4.98 Å². The summed E-state index contributed by atoms with van der Waals surface area (Å²) in [5.74, 6) is 0.911. The Hall–Kier alpha value is -3.53. The number of para-hydroxylation sites is 2. The number of aromatic nitrogens is 2.